The number of nitrogens with zero attached hydrogens (tertiary/aromatic N) is 6. The summed E-state index contributed by atoms with van der Waals surface area (Å²) in [4.78, 5) is 0. The minimum absolute atomic E-state index is 0.0598. The van der Waals surface area contributed by atoms with Gasteiger partial charge in [0, 0.05) is 16.5 Å². The van der Waals surface area contributed by atoms with Gasteiger partial charge in [0.25, 0.3) is 5.89 Å². The van der Waals surface area contributed by atoms with E-state index in [1.807, 2.05) is 36.5 Å². The van der Waals surface area contributed by atoms with Crippen LogP contribution in [0.5, 0.6) is 0 Å². The fraction of sp³-hybridized carbons (Fsp3) is 0.105. The predicted octanol–water partition coefficient (Wildman–Crippen LogP) is 3.86. The molecule has 5 rings (SSSR count). The highest BCUT2D eigenvalue weighted by atomic mass is 19.3. The highest BCUT2D eigenvalue weighted by Crippen LogP contribution is 2.24. The summed E-state index contributed by atoms with van der Waals surface area (Å²) in [5.41, 5.74) is 4.20. The Hall–Kier alpha value is -3.95. The Morgan fingerprint density at radius 3 is 2.62 bits per heavy atom. The van der Waals surface area contributed by atoms with Crippen molar-refractivity contribution in [3.63, 3.8) is 0 Å². The maximum absolute atomic E-state index is 12.6. The molecule has 5 aromatic rings. The van der Waals surface area contributed by atoms with Crippen molar-refractivity contribution in [2.24, 2.45) is 0 Å². The van der Waals surface area contributed by atoms with Crippen LogP contribution in [-0.4, -0.2) is 35.4 Å². The second kappa shape index (κ2) is 6.89. The highest BCUT2D eigenvalue weighted by molar-refractivity contribution is 5.83. The molecule has 1 N–H and O–H groups in total. The summed E-state index contributed by atoms with van der Waals surface area (Å²) >= 11 is 0. The minimum Gasteiger partial charge on any atom is -0.415 e. The van der Waals surface area contributed by atoms with E-state index in [0.717, 1.165) is 27.7 Å². The van der Waals surface area contributed by atoms with Gasteiger partial charge in [-0.15, -0.1) is 15.3 Å². The molecule has 0 aliphatic rings. The molecule has 2 aromatic carbocycles. The molecule has 0 spiro atoms. The van der Waals surface area contributed by atoms with Gasteiger partial charge in [0.15, 0.2) is 0 Å². The Bertz CT molecular complexity index is 1270. The zero-order chi connectivity index (χ0) is 19.8. The van der Waals surface area contributed by atoms with Crippen LogP contribution in [0.4, 0.5) is 8.78 Å². The minimum atomic E-state index is -2.79. The van der Waals surface area contributed by atoms with Crippen molar-refractivity contribution in [3.8, 4) is 22.7 Å². The van der Waals surface area contributed by atoms with E-state index in [0.29, 0.717) is 12.1 Å². The van der Waals surface area contributed by atoms with Gasteiger partial charge in [-0.2, -0.15) is 13.9 Å². The lowest BCUT2D eigenvalue weighted by atomic mass is 10.1. The summed E-state index contributed by atoms with van der Waals surface area (Å²) in [6.07, 6.45) is 0.840. The molecule has 0 unspecified atom stereocenters. The fourth-order valence-corrected chi connectivity index (χ4v) is 2.99. The molecule has 0 aliphatic carbocycles. The molecular weight excluding hydrogens is 380 g/mol. The van der Waals surface area contributed by atoms with Gasteiger partial charge in [-0.25, -0.2) is 4.68 Å². The lowest BCUT2D eigenvalue weighted by molar-refractivity contribution is 0.116. The number of alkyl halides is 2. The largest absolute Gasteiger partial charge is 0.415 e. The van der Waals surface area contributed by atoms with Gasteiger partial charge in [-0.05, 0) is 29.8 Å². The van der Waals surface area contributed by atoms with E-state index in [-0.39, 0.29) is 5.89 Å². The standard InChI is InChI=1S/C19H13F2N7O/c20-17(21)19-26-25-18(29-19)12-3-1-11(2-4-12)9-28-10-16(24-27-28)13-5-6-15-14(7-13)8-22-23-15/h1-8,10,17H,9H2,(H,22,23). The number of fused-ring (bicyclic) bond motifs is 1. The number of hydrogen-bond donors (Lipinski definition) is 1. The first kappa shape index (κ1) is 17.2. The van der Waals surface area contributed by atoms with Crippen molar-refractivity contribution in [1.82, 2.24) is 35.4 Å². The fourth-order valence-electron chi connectivity index (χ4n) is 2.99. The molecule has 0 atom stereocenters. The van der Waals surface area contributed by atoms with Gasteiger partial charge in [0.1, 0.15) is 5.69 Å². The summed E-state index contributed by atoms with van der Waals surface area (Å²) in [6, 6.07) is 13.1. The van der Waals surface area contributed by atoms with Crippen LogP contribution in [-0.2, 0) is 6.54 Å². The summed E-state index contributed by atoms with van der Waals surface area (Å²) in [5, 5.41) is 23.3. The average Bonchev–Trinajstić information content (AvgIpc) is 3.48. The maximum atomic E-state index is 12.6. The van der Waals surface area contributed by atoms with Crippen LogP contribution in [0.1, 0.15) is 17.9 Å². The number of rotatable bonds is 5. The molecule has 0 saturated carbocycles. The average molecular weight is 393 g/mol. The van der Waals surface area contributed by atoms with E-state index >= 15 is 0 Å². The molecule has 0 amide bonds. The van der Waals surface area contributed by atoms with Crippen LogP contribution in [0.25, 0.3) is 33.6 Å². The zero-order valence-electron chi connectivity index (χ0n) is 14.8. The smallest absolute Gasteiger partial charge is 0.314 e. The molecule has 0 radical (unpaired) electrons. The second-order valence-electron chi connectivity index (χ2n) is 6.42. The van der Waals surface area contributed by atoms with Crippen molar-refractivity contribution in [1.29, 1.82) is 0 Å². The summed E-state index contributed by atoms with van der Waals surface area (Å²) < 4.78 is 31.8. The normalized spacial score (nSPS) is 11.6. The zero-order valence-corrected chi connectivity index (χ0v) is 14.8. The molecule has 0 bridgehead atoms. The third-order valence-corrected chi connectivity index (χ3v) is 4.45. The SMILES string of the molecule is FC(F)c1nnc(-c2ccc(Cn3cc(-c4ccc5[nH]ncc5c4)nn3)cc2)o1. The number of H-pyrrole nitrogens is 1. The number of hydrogen-bond acceptors (Lipinski definition) is 6. The molecule has 144 valence electrons. The quantitative estimate of drug-likeness (QED) is 0.487. The monoisotopic (exact) mass is 393 g/mol. The van der Waals surface area contributed by atoms with Crippen LogP contribution >= 0.6 is 0 Å². The van der Waals surface area contributed by atoms with Gasteiger partial charge in [-0.1, -0.05) is 23.4 Å². The van der Waals surface area contributed by atoms with E-state index in [4.69, 9.17) is 4.42 Å². The molecule has 3 heterocycles. The molecule has 29 heavy (non-hydrogen) atoms. The molecular formula is C19H13F2N7O. The van der Waals surface area contributed by atoms with Gasteiger partial charge < -0.3 is 4.42 Å². The van der Waals surface area contributed by atoms with Crippen molar-refractivity contribution < 1.29 is 13.2 Å². The van der Waals surface area contributed by atoms with Gasteiger partial charge in [0.2, 0.25) is 5.89 Å². The lowest BCUT2D eigenvalue weighted by Crippen LogP contribution is -2.00. The summed E-state index contributed by atoms with van der Waals surface area (Å²) in [6.45, 7) is 0.507. The van der Waals surface area contributed by atoms with E-state index in [9.17, 15) is 8.78 Å². The molecule has 8 nitrogen and oxygen atoms in total. The first-order chi connectivity index (χ1) is 14.2. The van der Waals surface area contributed by atoms with Crippen LogP contribution in [0, 0.1) is 0 Å². The number of benzene rings is 2. The Labute approximate surface area is 162 Å². The molecule has 0 saturated heterocycles. The summed E-state index contributed by atoms with van der Waals surface area (Å²) in [7, 11) is 0. The first-order valence-corrected chi connectivity index (χ1v) is 8.70. The van der Waals surface area contributed by atoms with E-state index in [1.54, 1.807) is 23.0 Å². The maximum Gasteiger partial charge on any atom is 0.314 e. The van der Waals surface area contributed by atoms with Gasteiger partial charge in [-0.3, -0.25) is 5.10 Å². The van der Waals surface area contributed by atoms with Crippen molar-refractivity contribution >= 4 is 10.9 Å². The van der Waals surface area contributed by atoms with Crippen LogP contribution in [0.3, 0.4) is 0 Å². The Balaban J connectivity index is 1.32. The topological polar surface area (TPSA) is 98.3 Å². The van der Waals surface area contributed by atoms with Crippen molar-refractivity contribution in [3.05, 3.63) is 66.3 Å². The van der Waals surface area contributed by atoms with E-state index in [2.05, 4.69) is 30.7 Å². The molecule has 10 heteroatoms. The lowest BCUT2D eigenvalue weighted by Gasteiger charge is -2.02. The third-order valence-electron chi connectivity index (χ3n) is 4.45. The Morgan fingerprint density at radius 1 is 1.00 bits per heavy atom. The van der Waals surface area contributed by atoms with Gasteiger partial charge >= 0.3 is 6.43 Å². The van der Waals surface area contributed by atoms with Crippen molar-refractivity contribution in [2.75, 3.05) is 0 Å². The van der Waals surface area contributed by atoms with E-state index in [1.165, 1.54) is 0 Å². The molecule has 3 aromatic heterocycles. The highest BCUT2D eigenvalue weighted by Gasteiger charge is 2.17. The Morgan fingerprint density at radius 2 is 1.83 bits per heavy atom. The second-order valence-corrected chi connectivity index (χ2v) is 6.42. The van der Waals surface area contributed by atoms with Crippen LogP contribution in [0.15, 0.2) is 59.3 Å². The first-order valence-electron chi connectivity index (χ1n) is 8.70. The molecule has 0 aliphatic heterocycles. The number of aromatic nitrogens is 7. The molecule has 0 fully saturated rings. The van der Waals surface area contributed by atoms with Crippen molar-refractivity contribution in [2.45, 2.75) is 13.0 Å². The van der Waals surface area contributed by atoms with Gasteiger partial charge in [0.05, 0.1) is 24.5 Å². The number of nitrogens with one attached hydrogen (secondary N) is 1. The van der Waals surface area contributed by atoms with Crippen LogP contribution < -0.4 is 0 Å². The number of halogens is 2. The Kier molecular flexibility index (Phi) is 4.08. The summed E-state index contributed by atoms with van der Waals surface area (Å²) in [5.74, 6) is -0.627. The number of aromatic amines is 1. The third kappa shape index (κ3) is 3.35. The predicted molar refractivity (Wildman–Crippen MR) is 98.9 cm³/mol. The van der Waals surface area contributed by atoms with E-state index < -0.39 is 12.3 Å². The van der Waals surface area contributed by atoms with Crippen LogP contribution in [0.2, 0.25) is 0 Å².